The van der Waals surface area contributed by atoms with Crippen molar-refractivity contribution in [3.8, 4) is 0 Å². The van der Waals surface area contributed by atoms with Gasteiger partial charge in [-0.25, -0.2) is 0 Å². The van der Waals surface area contributed by atoms with Gasteiger partial charge in [0.25, 0.3) is 0 Å². The van der Waals surface area contributed by atoms with Crippen LogP contribution in [0.4, 0.5) is 0 Å². The van der Waals surface area contributed by atoms with Gasteiger partial charge in [0.2, 0.25) is 0 Å². The van der Waals surface area contributed by atoms with E-state index in [1.807, 2.05) is 0 Å². The van der Waals surface area contributed by atoms with Crippen LogP contribution >= 0.6 is 0 Å². The molecule has 2 heteroatoms. The van der Waals surface area contributed by atoms with E-state index >= 15 is 0 Å². The minimum absolute atomic E-state index is 0.690. The molecule has 0 atom stereocenters. The number of aromatic nitrogens is 2. The Balaban J connectivity index is 1.68. The van der Waals surface area contributed by atoms with Gasteiger partial charge < -0.3 is 0 Å². The molecular weight excluding hydrogens is 412 g/mol. The maximum Gasteiger partial charge on any atom is 0.0993 e. The Morgan fingerprint density at radius 3 is 2.53 bits per heavy atom. The number of aromatic amines is 1. The fourth-order valence-corrected chi connectivity index (χ4v) is 5.94. The number of H-pyrrole nitrogens is 1. The molecule has 1 aliphatic rings. The van der Waals surface area contributed by atoms with Crippen molar-refractivity contribution in [2.45, 2.75) is 90.9 Å². The molecule has 0 spiro atoms. The number of allylic oxidation sites excluding steroid dienone is 1. The summed E-state index contributed by atoms with van der Waals surface area (Å²) in [4.78, 5) is 0. The molecule has 4 rings (SSSR count). The molecule has 0 bridgehead atoms. The van der Waals surface area contributed by atoms with Gasteiger partial charge in [-0.15, -0.1) is 0 Å². The van der Waals surface area contributed by atoms with Crippen molar-refractivity contribution in [2.24, 2.45) is 5.92 Å². The van der Waals surface area contributed by atoms with Crippen LogP contribution in [0.15, 0.2) is 49.0 Å². The highest BCUT2D eigenvalue weighted by molar-refractivity contribution is 5.98. The van der Waals surface area contributed by atoms with E-state index in [9.17, 15) is 0 Å². The number of fused-ring (bicyclic) bond motifs is 1. The van der Waals surface area contributed by atoms with Crippen molar-refractivity contribution < 1.29 is 0 Å². The summed E-state index contributed by atoms with van der Waals surface area (Å²) in [6.07, 6.45) is 15.3. The summed E-state index contributed by atoms with van der Waals surface area (Å²) in [7, 11) is 0. The average Bonchev–Trinajstić information content (AvgIpc) is 3.29. The van der Waals surface area contributed by atoms with Gasteiger partial charge in [0.1, 0.15) is 0 Å². The quantitative estimate of drug-likeness (QED) is 0.350. The van der Waals surface area contributed by atoms with Crippen LogP contribution in [0.25, 0.3) is 28.1 Å². The molecular formula is C32H42N2. The van der Waals surface area contributed by atoms with Gasteiger partial charge in [-0.1, -0.05) is 101 Å². The lowest BCUT2D eigenvalue weighted by molar-refractivity contribution is 0.444. The average molecular weight is 455 g/mol. The van der Waals surface area contributed by atoms with Gasteiger partial charge in [-0.2, -0.15) is 5.10 Å². The second-order valence-corrected chi connectivity index (χ2v) is 10.4. The molecule has 0 amide bonds. The molecule has 3 aromatic rings. The maximum atomic E-state index is 4.69. The molecule has 1 fully saturated rings. The Kier molecular flexibility index (Phi) is 8.43. The van der Waals surface area contributed by atoms with Crippen molar-refractivity contribution in [1.29, 1.82) is 0 Å². The zero-order valence-electron chi connectivity index (χ0n) is 21.5. The third-order valence-electron chi connectivity index (χ3n) is 7.71. The highest BCUT2D eigenvalue weighted by atomic mass is 15.1. The number of hydrogen-bond acceptors (Lipinski definition) is 1. The monoisotopic (exact) mass is 454 g/mol. The molecule has 2 nitrogen and oxygen atoms in total. The molecule has 1 aromatic heterocycles. The summed E-state index contributed by atoms with van der Waals surface area (Å²) in [6, 6.07) is 15.7. The third kappa shape index (κ3) is 5.71. The summed E-state index contributed by atoms with van der Waals surface area (Å²) in [6.45, 7) is 11.4. The standard InChI is InChI=1S/C32H42N2/c1-5-12-25(13-6-2)20-23(3)29-17-11-10-16-28(29)21-24(4)32-30-22-27(18-19-31(30)33-34-32)26-14-8-7-9-15-26/h10-11,16-19,21-22,25-26H,4-9,12-15,20H2,1-3H3,(H,33,34)/b28-21-,29-23+. The van der Waals surface area contributed by atoms with Crippen LogP contribution in [0, 0.1) is 5.92 Å². The predicted octanol–water partition coefficient (Wildman–Crippen LogP) is 7.88. The fraction of sp³-hybridized carbons (Fsp3) is 0.469. The van der Waals surface area contributed by atoms with Crippen LogP contribution in [0.3, 0.4) is 0 Å². The first kappa shape index (κ1) is 24.5. The van der Waals surface area contributed by atoms with E-state index in [4.69, 9.17) is 0 Å². The molecule has 34 heavy (non-hydrogen) atoms. The van der Waals surface area contributed by atoms with Crippen molar-refractivity contribution in [3.63, 3.8) is 0 Å². The number of rotatable bonds is 9. The van der Waals surface area contributed by atoms with Gasteiger partial charge in [0, 0.05) is 5.39 Å². The summed E-state index contributed by atoms with van der Waals surface area (Å²) >= 11 is 0. The molecule has 0 unspecified atom stereocenters. The summed E-state index contributed by atoms with van der Waals surface area (Å²) in [5.41, 5.74) is 6.01. The van der Waals surface area contributed by atoms with E-state index in [0.29, 0.717) is 5.92 Å². The number of nitrogens with zero attached hydrogens (tertiary/aromatic N) is 1. The van der Waals surface area contributed by atoms with Crippen LogP contribution in [-0.2, 0) is 0 Å². The lowest BCUT2D eigenvalue weighted by Gasteiger charge is -2.22. The number of nitrogens with one attached hydrogen (secondary N) is 1. The van der Waals surface area contributed by atoms with Crippen LogP contribution in [0.5, 0.6) is 0 Å². The van der Waals surface area contributed by atoms with Gasteiger partial charge in [0.05, 0.1) is 11.2 Å². The minimum Gasteiger partial charge on any atom is -0.277 e. The van der Waals surface area contributed by atoms with Gasteiger partial charge >= 0.3 is 0 Å². The van der Waals surface area contributed by atoms with E-state index < -0.39 is 0 Å². The molecule has 180 valence electrons. The predicted molar refractivity (Wildman–Crippen MR) is 148 cm³/mol. The summed E-state index contributed by atoms with van der Waals surface area (Å²) < 4.78 is 0. The first-order valence-electron chi connectivity index (χ1n) is 13.5. The SMILES string of the molecule is C=C(/C=c1/cccc/c1=C(/C)CC(CCC)CCC)c1n[nH]c2ccc(C3CCCCC3)cc12. The molecule has 1 aliphatic carbocycles. The Bertz CT molecular complexity index is 1220. The van der Waals surface area contributed by atoms with Crippen molar-refractivity contribution in [3.05, 3.63) is 70.7 Å². The largest absolute Gasteiger partial charge is 0.277 e. The van der Waals surface area contributed by atoms with Gasteiger partial charge in [0.15, 0.2) is 0 Å². The third-order valence-corrected chi connectivity index (χ3v) is 7.71. The summed E-state index contributed by atoms with van der Waals surface area (Å²) in [5, 5.41) is 11.7. The zero-order valence-corrected chi connectivity index (χ0v) is 21.5. The van der Waals surface area contributed by atoms with Crippen LogP contribution in [0.1, 0.15) is 102 Å². The van der Waals surface area contributed by atoms with E-state index in [1.54, 1.807) is 0 Å². The number of hydrogen-bond donors (Lipinski definition) is 1. The molecule has 0 aliphatic heterocycles. The zero-order chi connectivity index (χ0) is 23.9. The lowest BCUT2D eigenvalue weighted by Crippen LogP contribution is -2.26. The minimum atomic E-state index is 0.690. The topological polar surface area (TPSA) is 28.7 Å². The molecule has 2 aromatic carbocycles. The molecule has 1 N–H and O–H groups in total. The van der Waals surface area contributed by atoms with E-state index in [-0.39, 0.29) is 0 Å². The Labute approximate surface area is 205 Å². The molecule has 1 saturated carbocycles. The van der Waals surface area contributed by atoms with Crippen molar-refractivity contribution in [2.75, 3.05) is 0 Å². The Morgan fingerprint density at radius 2 is 1.79 bits per heavy atom. The number of benzene rings is 2. The van der Waals surface area contributed by atoms with Gasteiger partial charge in [-0.05, 0) is 77.8 Å². The lowest BCUT2D eigenvalue weighted by atomic mass is 9.83. The molecule has 0 saturated heterocycles. The van der Waals surface area contributed by atoms with E-state index in [2.05, 4.69) is 86.1 Å². The smallest absolute Gasteiger partial charge is 0.0993 e. The van der Waals surface area contributed by atoms with Crippen molar-refractivity contribution >= 4 is 28.1 Å². The Morgan fingerprint density at radius 1 is 1.06 bits per heavy atom. The van der Waals surface area contributed by atoms with E-state index in [0.717, 1.165) is 22.7 Å². The normalized spacial score (nSPS) is 16.4. The molecule has 1 heterocycles. The molecule has 0 radical (unpaired) electrons. The van der Waals surface area contributed by atoms with Crippen molar-refractivity contribution in [1.82, 2.24) is 10.2 Å². The highest BCUT2D eigenvalue weighted by Gasteiger charge is 2.17. The second-order valence-electron chi connectivity index (χ2n) is 10.4. The van der Waals surface area contributed by atoms with Crippen LogP contribution in [-0.4, -0.2) is 10.2 Å². The summed E-state index contributed by atoms with van der Waals surface area (Å²) in [5.74, 6) is 1.47. The van der Waals surface area contributed by atoms with E-state index in [1.165, 1.54) is 91.2 Å². The first-order valence-corrected chi connectivity index (χ1v) is 13.5. The van der Waals surface area contributed by atoms with Gasteiger partial charge in [-0.3, -0.25) is 5.10 Å². The highest BCUT2D eigenvalue weighted by Crippen LogP contribution is 2.35. The second kappa shape index (κ2) is 11.7. The van der Waals surface area contributed by atoms with Crippen LogP contribution < -0.4 is 10.4 Å². The van der Waals surface area contributed by atoms with Crippen LogP contribution in [0.2, 0.25) is 0 Å². The first-order chi connectivity index (χ1) is 16.6. The Hall–Kier alpha value is -2.61. The maximum absolute atomic E-state index is 4.69. The fourth-order valence-electron chi connectivity index (χ4n) is 5.94.